The van der Waals surface area contributed by atoms with E-state index in [9.17, 15) is 9.59 Å². The van der Waals surface area contributed by atoms with Gasteiger partial charge >= 0.3 is 0 Å². The first-order valence-corrected chi connectivity index (χ1v) is 6.63. The number of nitrogens with one attached hydrogen (secondary N) is 3. The Balaban J connectivity index is 3.70. The number of carbonyl (C=O) groups is 2. The monoisotopic (exact) mass is 257 g/mol. The number of amides is 2. The first-order chi connectivity index (χ1) is 8.32. The van der Waals surface area contributed by atoms with Gasteiger partial charge in [0.25, 0.3) is 0 Å². The molecule has 1 atom stereocenters. The van der Waals surface area contributed by atoms with Crippen molar-refractivity contribution in [1.29, 1.82) is 0 Å². The van der Waals surface area contributed by atoms with Crippen LogP contribution in [-0.4, -0.2) is 37.0 Å². The van der Waals surface area contributed by atoms with Crippen LogP contribution in [0, 0.1) is 5.92 Å². The van der Waals surface area contributed by atoms with Gasteiger partial charge in [-0.05, 0) is 26.7 Å². The highest BCUT2D eigenvalue weighted by Gasteiger charge is 2.13. The van der Waals surface area contributed by atoms with Crippen LogP contribution >= 0.6 is 0 Å². The Morgan fingerprint density at radius 1 is 1.06 bits per heavy atom. The molecule has 0 aliphatic heterocycles. The predicted octanol–water partition coefficient (Wildman–Crippen LogP) is 0.651. The molecule has 3 N–H and O–H groups in total. The molecule has 0 fully saturated rings. The highest BCUT2D eigenvalue weighted by Crippen LogP contribution is 1.89. The number of carbonyl (C=O) groups excluding carboxylic acids is 2. The minimum absolute atomic E-state index is 0.0210. The van der Waals surface area contributed by atoms with Gasteiger partial charge in [0.2, 0.25) is 11.8 Å². The lowest BCUT2D eigenvalue weighted by molar-refractivity contribution is -0.124. The van der Waals surface area contributed by atoms with E-state index in [1.54, 1.807) is 6.92 Å². The zero-order valence-electron chi connectivity index (χ0n) is 12.2. The standard InChI is InChI=1S/C13H27N3O2/c1-9(2)8-15-12(17)6-7-14-11(5)13(18)16-10(3)4/h9-11,14H,6-8H2,1-5H3,(H,15,17)(H,16,18). The van der Waals surface area contributed by atoms with E-state index in [2.05, 4.69) is 29.8 Å². The van der Waals surface area contributed by atoms with Gasteiger partial charge in [0.1, 0.15) is 0 Å². The van der Waals surface area contributed by atoms with Gasteiger partial charge in [-0.2, -0.15) is 0 Å². The third-order valence-electron chi connectivity index (χ3n) is 2.33. The molecule has 0 spiro atoms. The van der Waals surface area contributed by atoms with Gasteiger partial charge in [-0.3, -0.25) is 9.59 Å². The lowest BCUT2D eigenvalue weighted by Crippen LogP contribution is -2.45. The summed E-state index contributed by atoms with van der Waals surface area (Å²) in [5.41, 5.74) is 0. The Morgan fingerprint density at radius 2 is 1.67 bits per heavy atom. The van der Waals surface area contributed by atoms with Gasteiger partial charge in [0.05, 0.1) is 6.04 Å². The highest BCUT2D eigenvalue weighted by atomic mass is 16.2. The van der Waals surface area contributed by atoms with Crippen LogP contribution in [0.5, 0.6) is 0 Å². The lowest BCUT2D eigenvalue weighted by Gasteiger charge is -2.16. The van der Waals surface area contributed by atoms with E-state index in [-0.39, 0.29) is 23.9 Å². The van der Waals surface area contributed by atoms with Crippen LogP contribution in [-0.2, 0) is 9.59 Å². The average molecular weight is 257 g/mol. The van der Waals surface area contributed by atoms with Crippen LogP contribution in [0.25, 0.3) is 0 Å². The van der Waals surface area contributed by atoms with E-state index < -0.39 is 0 Å². The smallest absolute Gasteiger partial charge is 0.237 e. The molecule has 0 aromatic rings. The maximum Gasteiger partial charge on any atom is 0.237 e. The maximum absolute atomic E-state index is 11.6. The Morgan fingerprint density at radius 3 is 2.17 bits per heavy atom. The summed E-state index contributed by atoms with van der Waals surface area (Å²) in [6.45, 7) is 10.9. The summed E-state index contributed by atoms with van der Waals surface area (Å²) in [7, 11) is 0. The van der Waals surface area contributed by atoms with Gasteiger partial charge in [0.15, 0.2) is 0 Å². The molecular weight excluding hydrogens is 230 g/mol. The van der Waals surface area contributed by atoms with Crippen LogP contribution < -0.4 is 16.0 Å². The Bertz CT molecular complexity index is 265. The lowest BCUT2D eigenvalue weighted by atomic mass is 10.2. The molecule has 106 valence electrons. The normalized spacial score (nSPS) is 12.6. The molecule has 0 aromatic carbocycles. The van der Waals surface area contributed by atoms with E-state index in [1.165, 1.54) is 0 Å². The summed E-state index contributed by atoms with van der Waals surface area (Å²) in [6.07, 6.45) is 0.395. The zero-order chi connectivity index (χ0) is 14.1. The molecule has 0 heterocycles. The van der Waals surface area contributed by atoms with Crippen LogP contribution in [0.2, 0.25) is 0 Å². The first kappa shape index (κ1) is 16.9. The van der Waals surface area contributed by atoms with Gasteiger partial charge in [0, 0.05) is 25.6 Å². The highest BCUT2D eigenvalue weighted by molar-refractivity contribution is 5.81. The van der Waals surface area contributed by atoms with E-state index in [1.807, 2.05) is 13.8 Å². The Kier molecular flexibility index (Phi) is 8.37. The first-order valence-electron chi connectivity index (χ1n) is 6.63. The molecule has 0 aromatic heterocycles. The summed E-state index contributed by atoms with van der Waals surface area (Å²) in [5.74, 6) is 0.443. The minimum atomic E-state index is -0.273. The molecule has 0 bridgehead atoms. The quantitative estimate of drug-likeness (QED) is 0.598. The van der Waals surface area contributed by atoms with Gasteiger partial charge in [-0.15, -0.1) is 0 Å². The second-order valence-corrected chi connectivity index (χ2v) is 5.29. The molecule has 1 unspecified atom stereocenters. The summed E-state index contributed by atoms with van der Waals surface area (Å²) >= 11 is 0. The molecular formula is C13H27N3O2. The largest absolute Gasteiger partial charge is 0.356 e. The Labute approximate surface area is 110 Å². The summed E-state index contributed by atoms with van der Waals surface area (Å²) in [6, 6.07) is -0.138. The Hall–Kier alpha value is -1.10. The average Bonchev–Trinajstić information content (AvgIpc) is 2.25. The van der Waals surface area contributed by atoms with Crippen molar-refractivity contribution >= 4 is 11.8 Å². The van der Waals surface area contributed by atoms with E-state index in [4.69, 9.17) is 0 Å². The number of hydrogen-bond acceptors (Lipinski definition) is 3. The second-order valence-electron chi connectivity index (χ2n) is 5.29. The van der Waals surface area contributed by atoms with Crippen LogP contribution in [0.1, 0.15) is 41.0 Å². The number of rotatable bonds is 8. The fourth-order valence-electron chi connectivity index (χ4n) is 1.31. The van der Waals surface area contributed by atoms with Crippen molar-refractivity contribution in [2.45, 2.75) is 53.1 Å². The summed E-state index contributed by atoms with van der Waals surface area (Å²) < 4.78 is 0. The fraction of sp³-hybridized carbons (Fsp3) is 0.846. The molecule has 0 radical (unpaired) electrons. The van der Waals surface area contributed by atoms with Crippen molar-refractivity contribution in [2.75, 3.05) is 13.1 Å². The molecule has 18 heavy (non-hydrogen) atoms. The van der Waals surface area contributed by atoms with Crippen LogP contribution in [0.15, 0.2) is 0 Å². The van der Waals surface area contributed by atoms with Crippen molar-refractivity contribution < 1.29 is 9.59 Å². The molecule has 0 aliphatic rings. The SMILES string of the molecule is CC(C)CNC(=O)CCNC(C)C(=O)NC(C)C. The van der Waals surface area contributed by atoms with Crippen molar-refractivity contribution in [1.82, 2.24) is 16.0 Å². The van der Waals surface area contributed by atoms with Gasteiger partial charge in [-0.1, -0.05) is 13.8 Å². The number of hydrogen-bond donors (Lipinski definition) is 3. The third kappa shape index (κ3) is 8.98. The van der Waals surface area contributed by atoms with Crippen LogP contribution in [0.4, 0.5) is 0 Å². The van der Waals surface area contributed by atoms with Gasteiger partial charge in [-0.25, -0.2) is 0 Å². The molecule has 5 heteroatoms. The van der Waals surface area contributed by atoms with E-state index in [0.717, 1.165) is 0 Å². The topological polar surface area (TPSA) is 70.2 Å². The fourth-order valence-corrected chi connectivity index (χ4v) is 1.31. The second kappa shape index (κ2) is 8.91. The summed E-state index contributed by atoms with van der Waals surface area (Å²) in [5, 5.41) is 8.69. The van der Waals surface area contributed by atoms with Crippen molar-refractivity contribution in [3.63, 3.8) is 0 Å². The predicted molar refractivity (Wildman–Crippen MR) is 73.2 cm³/mol. The summed E-state index contributed by atoms with van der Waals surface area (Å²) in [4.78, 5) is 23.0. The molecule has 0 rings (SSSR count). The van der Waals surface area contributed by atoms with Crippen molar-refractivity contribution in [2.24, 2.45) is 5.92 Å². The van der Waals surface area contributed by atoms with Crippen LogP contribution in [0.3, 0.4) is 0 Å². The van der Waals surface area contributed by atoms with Gasteiger partial charge < -0.3 is 16.0 Å². The van der Waals surface area contributed by atoms with E-state index >= 15 is 0 Å². The third-order valence-corrected chi connectivity index (χ3v) is 2.33. The molecule has 0 aliphatic carbocycles. The van der Waals surface area contributed by atoms with E-state index in [0.29, 0.717) is 25.4 Å². The molecule has 0 saturated carbocycles. The minimum Gasteiger partial charge on any atom is -0.356 e. The zero-order valence-corrected chi connectivity index (χ0v) is 12.2. The molecule has 0 saturated heterocycles. The van der Waals surface area contributed by atoms with Crippen molar-refractivity contribution in [3.05, 3.63) is 0 Å². The van der Waals surface area contributed by atoms with Crippen molar-refractivity contribution in [3.8, 4) is 0 Å². The molecule has 2 amide bonds. The molecule has 5 nitrogen and oxygen atoms in total. The maximum atomic E-state index is 11.6.